The van der Waals surface area contributed by atoms with E-state index < -0.39 is 38.8 Å². The van der Waals surface area contributed by atoms with E-state index in [9.17, 15) is 17.2 Å². The van der Waals surface area contributed by atoms with E-state index in [0.29, 0.717) is 0 Å². The highest BCUT2D eigenvalue weighted by Gasteiger charge is 2.22. The summed E-state index contributed by atoms with van der Waals surface area (Å²) in [7, 11) is -3.39. The fourth-order valence-corrected chi connectivity index (χ4v) is 2.46. The second-order valence-corrected chi connectivity index (χ2v) is 6.49. The molecule has 2 N–H and O–H groups in total. The molecule has 0 bridgehead atoms. The number of sulfone groups is 1. The van der Waals surface area contributed by atoms with Crippen LogP contribution in [0, 0.1) is 11.6 Å². The number of halogens is 3. The molecule has 0 radical (unpaired) electrons. The van der Waals surface area contributed by atoms with Crippen molar-refractivity contribution in [3.63, 3.8) is 0 Å². The molecule has 0 aromatic heterocycles. The molecule has 1 aromatic carbocycles. The van der Waals surface area contributed by atoms with Crippen molar-refractivity contribution in [3.8, 4) is 0 Å². The minimum absolute atomic E-state index is 0.0489. The average molecular weight is 314 g/mol. The Bertz CT molecular complexity index is 504. The second kappa shape index (κ2) is 4.77. The number of benzene rings is 1. The topological polar surface area (TPSA) is 60.2 Å². The van der Waals surface area contributed by atoms with Crippen LogP contribution in [-0.4, -0.2) is 20.4 Å². The molecular weight excluding hydrogens is 304 g/mol. The zero-order valence-electron chi connectivity index (χ0n) is 8.38. The number of hydrogen-bond acceptors (Lipinski definition) is 3. The Labute approximate surface area is 101 Å². The van der Waals surface area contributed by atoms with E-state index in [1.165, 1.54) is 6.07 Å². The quantitative estimate of drug-likeness (QED) is 0.865. The van der Waals surface area contributed by atoms with Gasteiger partial charge in [0.1, 0.15) is 21.5 Å². The summed E-state index contributed by atoms with van der Waals surface area (Å²) in [4.78, 5) is 0. The van der Waals surface area contributed by atoms with Crippen LogP contribution in [0.5, 0.6) is 0 Å². The van der Waals surface area contributed by atoms with Crippen LogP contribution in [0.15, 0.2) is 16.6 Å². The largest absolute Gasteiger partial charge is 0.323 e. The van der Waals surface area contributed by atoms with E-state index in [-0.39, 0.29) is 4.47 Å². The van der Waals surface area contributed by atoms with Gasteiger partial charge in [0.25, 0.3) is 0 Å². The smallest absolute Gasteiger partial charge is 0.149 e. The van der Waals surface area contributed by atoms with Crippen molar-refractivity contribution >= 4 is 25.8 Å². The molecule has 0 fully saturated rings. The lowest BCUT2D eigenvalue weighted by Gasteiger charge is -2.13. The van der Waals surface area contributed by atoms with Crippen molar-refractivity contribution in [1.29, 1.82) is 0 Å². The highest BCUT2D eigenvalue weighted by molar-refractivity contribution is 9.10. The van der Waals surface area contributed by atoms with Crippen LogP contribution in [-0.2, 0) is 9.84 Å². The van der Waals surface area contributed by atoms with Crippen LogP contribution in [0.25, 0.3) is 0 Å². The normalized spacial score (nSPS) is 13.8. The molecule has 0 aliphatic heterocycles. The molecule has 0 aliphatic carbocycles. The summed E-state index contributed by atoms with van der Waals surface area (Å²) >= 11 is 2.88. The molecule has 0 saturated carbocycles. The highest BCUT2D eigenvalue weighted by Crippen LogP contribution is 2.26. The number of nitrogens with two attached hydrogens (primary N) is 1. The van der Waals surface area contributed by atoms with Gasteiger partial charge in [0.2, 0.25) is 0 Å². The van der Waals surface area contributed by atoms with Crippen molar-refractivity contribution < 1.29 is 17.2 Å². The summed E-state index contributed by atoms with van der Waals surface area (Å²) in [6.07, 6.45) is 0.959. The Hall–Kier alpha value is -0.530. The minimum atomic E-state index is -3.39. The molecule has 0 saturated heterocycles. The lowest BCUT2D eigenvalue weighted by atomic mass is 10.1. The third kappa shape index (κ3) is 3.23. The first-order valence-electron chi connectivity index (χ1n) is 4.29. The van der Waals surface area contributed by atoms with Gasteiger partial charge in [-0.3, -0.25) is 0 Å². The Morgan fingerprint density at radius 3 is 2.50 bits per heavy atom. The predicted octanol–water partition coefficient (Wildman–Crippen LogP) is 1.77. The molecule has 3 nitrogen and oxygen atoms in total. The van der Waals surface area contributed by atoms with Crippen molar-refractivity contribution in [2.75, 3.05) is 12.0 Å². The van der Waals surface area contributed by atoms with Crippen molar-refractivity contribution in [2.24, 2.45) is 5.73 Å². The van der Waals surface area contributed by atoms with E-state index in [2.05, 4.69) is 15.9 Å². The maximum absolute atomic E-state index is 13.5. The molecular formula is C9H10BrF2NO2S. The third-order valence-corrected chi connectivity index (χ3v) is 3.51. The van der Waals surface area contributed by atoms with E-state index >= 15 is 0 Å². The van der Waals surface area contributed by atoms with Crippen molar-refractivity contribution in [1.82, 2.24) is 0 Å². The van der Waals surface area contributed by atoms with E-state index in [0.717, 1.165) is 12.3 Å². The number of rotatable bonds is 3. The van der Waals surface area contributed by atoms with Gasteiger partial charge in [-0.05, 0) is 28.1 Å². The van der Waals surface area contributed by atoms with Crippen LogP contribution in [0.2, 0.25) is 0 Å². The first-order chi connectivity index (χ1) is 7.22. The van der Waals surface area contributed by atoms with Crippen LogP contribution < -0.4 is 5.73 Å². The lowest BCUT2D eigenvalue weighted by molar-refractivity contribution is 0.530. The standard InChI is InChI=1S/C9H10BrF2NO2S/c1-16(14,15)4-7(13)8-6(11)3-2-5(10)9(8)12/h2-3,7H,4,13H2,1H3. The van der Waals surface area contributed by atoms with Crippen LogP contribution in [0.3, 0.4) is 0 Å². The molecule has 16 heavy (non-hydrogen) atoms. The van der Waals surface area contributed by atoms with Gasteiger partial charge in [0.15, 0.2) is 0 Å². The van der Waals surface area contributed by atoms with E-state index in [1.807, 2.05) is 0 Å². The Kier molecular flexibility index (Phi) is 4.03. The zero-order chi connectivity index (χ0) is 12.5. The lowest BCUT2D eigenvalue weighted by Crippen LogP contribution is -2.23. The maximum atomic E-state index is 13.5. The zero-order valence-corrected chi connectivity index (χ0v) is 10.8. The monoisotopic (exact) mass is 313 g/mol. The fourth-order valence-electron chi connectivity index (χ4n) is 1.29. The molecule has 0 heterocycles. The van der Waals surface area contributed by atoms with Gasteiger partial charge in [-0.2, -0.15) is 0 Å². The molecule has 1 rings (SSSR count). The first kappa shape index (κ1) is 13.5. The van der Waals surface area contributed by atoms with Gasteiger partial charge in [0, 0.05) is 17.9 Å². The Balaban J connectivity index is 3.18. The van der Waals surface area contributed by atoms with Gasteiger partial charge in [-0.15, -0.1) is 0 Å². The number of hydrogen-bond donors (Lipinski definition) is 1. The molecule has 1 aromatic rings. The van der Waals surface area contributed by atoms with Gasteiger partial charge >= 0.3 is 0 Å². The summed E-state index contributed by atoms with van der Waals surface area (Å²) in [5, 5.41) is 0. The fraction of sp³-hybridized carbons (Fsp3) is 0.333. The average Bonchev–Trinajstić information content (AvgIpc) is 2.09. The summed E-state index contributed by atoms with van der Waals surface area (Å²) in [5.74, 6) is -2.22. The Morgan fingerprint density at radius 1 is 1.44 bits per heavy atom. The predicted molar refractivity (Wildman–Crippen MR) is 60.7 cm³/mol. The minimum Gasteiger partial charge on any atom is -0.323 e. The molecule has 1 atom stereocenters. The molecule has 1 unspecified atom stereocenters. The van der Waals surface area contributed by atoms with Crippen molar-refractivity contribution in [2.45, 2.75) is 6.04 Å². The highest BCUT2D eigenvalue weighted by atomic mass is 79.9. The molecule has 90 valence electrons. The first-order valence-corrected chi connectivity index (χ1v) is 7.14. The van der Waals surface area contributed by atoms with Crippen LogP contribution in [0.4, 0.5) is 8.78 Å². The van der Waals surface area contributed by atoms with Crippen LogP contribution >= 0.6 is 15.9 Å². The summed E-state index contributed by atoms with van der Waals surface area (Å²) < 4.78 is 48.9. The maximum Gasteiger partial charge on any atom is 0.149 e. The summed E-state index contributed by atoms with van der Waals surface area (Å²) in [6.45, 7) is 0. The summed E-state index contributed by atoms with van der Waals surface area (Å²) in [6, 6.07) is 1.01. The van der Waals surface area contributed by atoms with E-state index in [1.54, 1.807) is 0 Å². The van der Waals surface area contributed by atoms with E-state index in [4.69, 9.17) is 5.73 Å². The third-order valence-electron chi connectivity index (χ3n) is 1.93. The van der Waals surface area contributed by atoms with Gasteiger partial charge in [-0.1, -0.05) is 0 Å². The van der Waals surface area contributed by atoms with Gasteiger partial charge in [0.05, 0.1) is 10.2 Å². The molecule has 0 aliphatic rings. The second-order valence-electron chi connectivity index (χ2n) is 3.46. The summed E-state index contributed by atoms with van der Waals surface area (Å²) in [5.41, 5.74) is 5.05. The Morgan fingerprint density at radius 2 is 2.00 bits per heavy atom. The SMILES string of the molecule is CS(=O)(=O)CC(N)c1c(F)ccc(Br)c1F. The molecule has 0 amide bonds. The van der Waals surface area contributed by atoms with Gasteiger partial charge < -0.3 is 5.73 Å². The molecule has 7 heteroatoms. The van der Waals surface area contributed by atoms with Crippen LogP contribution in [0.1, 0.15) is 11.6 Å². The molecule has 0 spiro atoms. The van der Waals surface area contributed by atoms with Crippen molar-refractivity contribution in [3.05, 3.63) is 33.8 Å². The van der Waals surface area contributed by atoms with Gasteiger partial charge in [-0.25, -0.2) is 17.2 Å².